The first-order chi connectivity index (χ1) is 9.80. The molecule has 0 aliphatic rings. The Kier molecular flexibility index (Phi) is 4.53. The number of halogens is 1. The number of primary amides is 1. The summed E-state index contributed by atoms with van der Waals surface area (Å²) in [6.45, 7) is 1.88. The topological polar surface area (TPSA) is 82.2 Å². The van der Waals surface area contributed by atoms with Crippen LogP contribution in [-0.2, 0) is 14.8 Å². The molecule has 7 heteroatoms. The van der Waals surface area contributed by atoms with Gasteiger partial charge in [-0.25, -0.2) is 12.4 Å². The minimum atomic E-state index is -3.71. The highest BCUT2D eigenvalue weighted by Crippen LogP contribution is 2.23. The van der Waals surface area contributed by atoms with Crippen molar-refractivity contribution in [3.8, 4) is 0 Å². The Morgan fingerprint density at radius 3 is 2.52 bits per heavy atom. The van der Waals surface area contributed by atoms with Crippen LogP contribution in [0.5, 0.6) is 0 Å². The second-order valence-electron chi connectivity index (χ2n) is 4.57. The Balaban J connectivity index is 2.44. The highest BCUT2D eigenvalue weighted by Gasteiger charge is 2.20. The summed E-state index contributed by atoms with van der Waals surface area (Å²) in [4.78, 5) is 11.1. The number of nitrogens with zero attached hydrogens (tertiary/aromatic N) is 1. The molecule has 2 rings (SSSR count). The average molecular weight is 370 g/mol. The first-order valence-corrected chi connectivity index (χ1v) is 8.35. The van der Waals surface area contributed by atoms with Crippen LogP contribution < -0.4 is 5.73 Å². The van der Waals surface area contributed by atoms with E-state index in [0.717, 1.165) is 9.54 Å². The van der Waals surface area contributed by atoms with E-state index >= 15 is 0 Å². The van der Waals surface area contributed by atoms with E-state index in [1.807, 2.05) is 6.92 Å². The van der Waals surface area contributed by atoms with Crippen LogP contribution in [0, 0.1) is 13.3 Å². The van der Waals surface area contributed by atoms with E-state index < -0.39 is 15.9 Å². The molecule has 0 aliphatic heterocycles. The largest absolute Gasteiger partial charge is 0.370 e. The molecule has 2 aromatic rings. The molecule has 1 amide bonds. The number of benzene rings is 1. The van der Waals surface area contributed by atoms with Gasteiger partial charge in [-0.3, -0.25) is 4.79 Å². The molecular formula is C14H14BrN2O3S. The standard InChI is InChI=1S/C14H14BrN2O3S/c1-10-2-5-13(6-3-10)21(19,20)17-9-11(15)8-12(17)4-7-14(16)18/h2-6,8-9H,7H2,1H3,(H2,16,18). The fourth-order valence-electron chi connectivity index (χ4n) is 1.81. The van der Waals surface area contributed by atoms with E-state index in [0.29, 0.717) is 10.2 Å². The quantitative estimate of drug-likeness (QED) is 0.876. The van der Waals surface area contributed by atoms with Gasteiger partial charge in [-0.1, -0.05) is 17.7 Å². The van der Waals surface area contributed by atoms with Crippen molar-refractivity contribution in [3.63, 3.8) is 0 Å². The maximum Gasteiger partial charge on any atom is 0.267 e. The fourth-order valence-corrected chi connectivity index (χ4v) is 3.75. The van der Waals surface area contributed by atoms with Gasteiger partial charge in [0.1, 0.15) is 0 Å². The number of carbonyl (C=O) groups is 1. The Hall–Kier alpha value is -1.60. The van der Waals surface area contributed by atoms with Crippen molar-refractivity contribution in [2.75, 3.05) is 0 Å². The van der Waals surface area contributed by atoms with Gasteiger partial charge in [-0.2, -0.15) is 0 Å². The molecule has 2 N–H and O–H groups in total. The molecule has 5 nitrogen and oxygen atoms in total. The third-order valence-electron chi connectivity index (χ3n) is 2.87. The monoisotopic (exact) mass is 369 g/mol. The lowest BCUT2D eigenvalue weighted by atomic mass is 10.2. The third-order valence-corrected chi connectivity index (χ3v) is 5.01. The highest BCUT2D eigenvalue weighted by molar-refractivity contribution is 9.10. The predicted molar refractivity (Wildman–Crippen MR) is 83.1 cm³/mol. The van der Waals surface area contributed by atoms with E-state index in [9.17, 15) is 13.2 Å². The molecule has 0 atom stereocenters. The summed E-state index contributed by atoms with van der Waals surface area (Å²) >= 11 is 3.25. The molecule has 1 radical (unpaired) electrons. The van der Waals surface area contributed by atoms with Crippen LogP contribution in [0.15, 0.2) is 45.9 Å². The number of hydrogen-bond donors (Lipinski definition) is 1. The minimum Gasteiger partial charge on any atom is -0.370 e. The summed E-state index contributed by atoms with van der Waals surface area (Å²) in [6, 6.07) is 8.19. The summed E-state index contributed by atoms with van der Waals surface area (Å²) in [5.74, 6) is -0.522. The molecule has 111 valence electrons. The summed E-state index contributed by atoms with van der Waals surface area (Å²) in [5.41, 5.74) is 6.46. The van der Waals surface area contributed by atoms with Crippen LogP contribution in [-0.4, -0.2) is 18.3 Å². The van der Waals surface area contributed by atoms with Crippen molar-refractivity contribution in [2.45, 2.75) is 18.2 Å². The van der Waals surface area contributed by atoms with Gasteiger partial charge in [0.25, 0.3) is 10.0 Å². The Morgan fingerprint density at radius 1 is 1.33 bits per heavy atom. The molecule has 1 heterocycles. The van der Waals surface area contributed by atoms with Gasteiger partial charge in [0.05, 0.1) is 4.90 Å². The smallest absolute Gasteiger partial charge is 0.267 e. The van der Waals surface area contributed by atoms with Crippen molar-refractivity contribution in [3.05, 3.63) is 58.7 Å². The minimum absolute atomic E-state index is 0.0279. The Labute approximate surface area is 131 Å². The van der Waals surface area contributed by atoms with Crippen molar-refractivity contribution in [1.82, 2.24) is 3.97 Å². The Bertz CT molecular complexity index is 764. The number of nitrogens with two attached hydrogens (primary N) is 1. The lowest BCUT2D eigenvalue weighted by Crippen LogP contribution is -2.16. The third kappa shape index (κ3) is 3.54. The van der Waals surface area contributed by atoms with Crippen molar-refractivity contribution in [2.24, 2.45) is 5.73 Å². The van der Waals surface area contributed by atoms with E-state index in [2.05, 4.69) is 15.9 Å². The number of aryl methyl sites for hydroxylation is 1. The van der Waals surface area contributed by atoms with Gasteiger partial charge in [0.2, 0.25) is 5.91 Å². The Morgan fingerprint density at radius 2 is 1.95 bits per heavy atom. The van der Waals surface area contributed by atoms with E-state index in [1.54, 1.807) is 30.3 Å². The van der Waals surface area contributed by atoms with Crippen LogP contribution in [0.25, 0.3) is 0 Å². The maximum atomic E-state index is 12.6. The van der Waals surface area contributed by atoms with E-state index in [-0.39, 0.29) is 11.3 Å². The van der Waals surface area contributed by atoms with E-state index in [4.69, 9.17) is 5.73 Å². The van der Waals surface area contributed by atoms with Gasteiger partial charge in [0, 0.05) is 29.2 Å². The molecule has 0 spiro atoms. The molecule has 1 aromatic heterocycles. The SMILES string of the molecule is Cc1ccc(S(=O)(=O)n2cc(Br)cc2[CH]CC(N)=O)cc1. The molecular weight excluding hydrogens is 356 g/mol. The molecule has 0 saturated heterocycles. The highest BCUT2D eigenvalue weighted by atomic mass is 79.9. The zero-order valence-corrected chi connectivity index (χ0v) is 13.7. The molecule has 1 aromatic carbocycles. The summed E-state index contributed by atoms with van der Waals surface area (Å²) in [6.07, 6.45) is 2.90. The number of carbonyl (C=O) groups excluding carboxylic acids is 1. The zero-order chi connectivity index (χ0) is 15.6. The second-order valence-corrected chi connectivity index (χ2v) is 7.30. The fraction of sp³-hybridized carbons (Fsp3) is 0.143. The normalized spacial score (nSPS) is 11.5. The van der Waals surface area contributed by atoms with Gasteiger partial charge in [-0.15, -0.1) is 0 Å². The zero-order valence-electron chi connectivity index (χ0n) is 11.3. The second kappa shape index (κ2) is 6.03. The van der Waals surface area contributed by atoms with Gasteiger partial charge >= 0.3 is 0 Å². The van der Waals surface area contributed by atoms with Crippen LogP contribution in [0.2, 0.25) is 0 Å². The van der Waals surface area contributed by atoms with Crippen LogP contribution in [0.3, 0.4) is 0 Å². The molecule has 0 saturated carbocycles. The summed E-state index contributed by atoms with van der Waals surface area (Å²) < 4.78 is 27.0. The lowest BCUT2D eigenvalue weighted by Gasteiger charge is -2.10. The van der Waals surface area contributed by atoms with Crippen LogP contribution in [0.1, 0.15) is 17.7 Å². The summed E-state index contributed by atoms with van der Waals surface area (Å²) in [7, 11) is -3.71. The lowest BCUT2D eigenvalue weighted by molar-refractivity contribution is -0.117. The summed E-state index contributed by atoms with van der Waals surface area (Å²) in [5, 5.41) is 0. The number of aromatic nitrogens is 1. The molecule has 0 aliphatic carbocycles. The maximum absolute atomic E-state index is 12.6. The molecule has 21 heavy (non-hydrogen) atoms. The molecule has 0 bridgehead atoms. The first kappa shape index (κ1) is 15.8. The predicted octanol–water partition coefficient (Wildman–Crippen LogP) is 2.22. The number of rotatable bonds is 5. The van der Waals surface area contributed by atoms with Gasteiger partial charge < -0.3 is 5.73 Å². The molecule has 0 unspecified atom stereocenters. The number of amides is 1. The van der Waals surface area contributed by atoms with Crippen molar-refractivity contribution >= 4 is 31.9 Å². The van der Waals surface area contributed by atoms with E-state index in [1.165, 1.54) is 12.6 Å². The van der Waals surface area contributed by atoms with Gasteiger partial charge in [-0.05, 0) is 41.1 Å². The first-order valence-electron chi connectivity index (χ1n) is 6.12. The number of hydrogen-bond acceptors (Lipinski definition) is 3. The van der Waals surface area contributed by atoms with Crippen LogP contribution in [0.4, 0.5) is 0 Å². The van der Waals surface area contributed by atoms with Crippen LogP contribution >= 0.6 is 15.9 Å². The average Bonchev–Trinajstić information content (AvgIpc) is 2.79. The van der Waals surface area contributed by atoms with Gasteiger partial charge in [0.15, 0.2) is 0 Å². The van der Waals surface area contributed by atoms with Crippen molar-refractivity contribution in [1.29, 1.82) is 0 Å². The molecule has 0 fully saturated rings. The van der Waals surface area contributed by atoms with Crippen molar-refractivity contribution < 1.29 is 13.2 Å².